The van der Waals surface area contributed by atoms with Crippen molar-refractivity contribution in [1.82, 2.24) is 25.1 Å². The molecule has 0 saturated heterocycles. The summed E-state index contributed by atoms with van der Waals surface area (Å²) >= 11 is 0. The molecule has 0 aliphatic carbocycles. The zero-order valence-electron chi connectivity index (χ0n) is 16.8. The Labute approximate surface area is 179 Å². The smallest absolute Gasteiger partial charge is 0.419 e. The van der Waals surface area contributed by atoms with E-state index < -0.39 is 30.8 Å². The van der Waals surface area contributed by atoms with E-state index >= 15 is 0 Å². The van der Waals surface area contributed by atoms with Crippen LogP contribution in [-0.4, -0.2) is 38.4 Å². The lowest BCUT2D eigenvalue weighted by Crippen LogP contribution is -2.10. The molecule has 2 aromatic heterocycles. The molecule has 2 heterocycles. The zero-order chi connectivity index (χ0) is 22.7. The van der Waals surface area contributed by atoms with Gasteiger partial charge in [-0.3, -0.25) is 0 Å². The van der Waals surface area contributed by atoms with Crippen molar-refractivity contribution in [3.8, 4) is 28.6 Å². The maximum Gasteiger partial charge on any atom is 0.419 e. The quantitative estimate of drug-likeness (QED) is 0.382. The van der Waals surface area contributed by atoms with Crippen LogP contribution in [0, 0.1) is 6.92 Å². The van der Waals surface area contributed by atoms with Crippen LogP contribution < -0.4 is 4.74 Å². The fraction of sp³-hybridized carbons (Fsp3) is 0.238. The maximum absolute atomic E-state index is 13.4. The fourth-order valence-electron chi connectivity index (χ4n) is 3.04. The minimum absolute atomic E-state index is 0.0712. The second-order valence-corrected chi connectivity index (χ2v) is 6.92. The molecule has 7 nitrogen and oxygen atoms in total. The molecule has 4 rings (SSSR count). The van der Waals surface area contributed by atoms with Crippen LogP contribution in [0.15, 0.2) is 53.2 Å². The normalized spacial score (nSPS) is 11.7. The van der Waals surface area contributed by atoms with Gasteiger partial charge in [-0.1, -0.05) is 34.6 Å². The van der Waals surface area contributed by atoms with Gasteiger partial charge >= 0.3 is 6.18 Å². The maximum atomic E-state index is 13.4. The number of benzene rings is 2. The van der Waals surface area contributed by atoms with Crippen LogP contribution in [0.25, 0.3) is 22.8 Å². The molecule has 0 amide bonds. The SMILES string of the molecule is Cc1cn(Cc2ccc(-c3noc(-c4ccc(OCCF)c(C(F)(F)F)c4)n3)cc2)nn1. The number of hydrogen-bond donors (Lipinski definition) is 0. The molecule has 32 heavy (non-hydrogen) atoms. The van der Waals surface area contributed by atoms with Crippen molar-refractivity contribution in [3.63, 3.8) is 0 Å². The first-order chi connectivity index (χ1) is 15.3. The molecule has 0 saturated carbocycles. The predicted molar refractivity (Wildman–Crippen MR) is 106 cm³/mol. The van der Waals surface area contributed by atoms with Crippen molar-refractivity contribution in [2.45, 2.75) is 19.6 Å². The Morgan fingerprint density at radius 3 is 2.47 bits per heavy atom. The Morgan fingerprint density at radius 1 is 1.06 bits per heavy atom. The van der Waals surface area contributed by atoms with E-state index in [1.807, 2.05) is 25.3 Å². The average Bonchev–Trinajstić information content (AvgIpc) is 3.41. The molecular formula is C21H17F4N5O2. The Balaban J connectivity index is 1.55. The average molecular weight is 447 g/mol. The van der Waals surface area contributed by atoms with E-state index in [1.165, 1.54) is 6.07 Å². The van der Waals surface area contributed by atoms with Crippen LogP contribution in [0.2, 0.25) is 0 Å². The fourth-order valence-corrected chi connectivity index (χ4v) is 3.04. The third-order valence-corrected chi connectivity index (χ3v) is 4.50. The first-order valence-electron chi connectivity index (χ1n) is 9.53. The molecule has 0 atom stereocenters. The van der Waals surface area contributed by atoms with Crippen LogP contribution in [0.4, 0.5) is 17.6 Å². The highest BCUT2D eigenvalue weighted by Gasteiger charge is 2.35. The molecule has 0 spiro atoms. The zero-order valence-corrected chi connectivity index (χ0v) is 16.8. The van der Waals surface area contributed by atoms with Crippen LogP contribution >= 0.6 is 0 Å². The molecule has 11 heteroatoms. The Hall–Kier alpha value is -3.76. The molecule has 0 bridgehead atoms. The Bertz CT molecular complexity index is 1200. The molecule has 0 unspecified atom stereocenters. The van der Waals surface area contributed by atoms with Crippen LogP contribution in [-0.2, 0) is 12.7 Å². The van der Waals surface area contributed by atoms with Gasteiger partial charge in [-0.05, 0) is 30.7 Å². The number of hydrogen-bond acceptors (Lipinski definition) is 6. The molecule has 0 fully saturated rings. The summed E-state index contributed by atoms with van der Waals surface area (Å²) in [6.07, 6.45) is -2.87. The molecule has 4 aromatic rings. The van der Waals surface area contributed by atoms with E-state index in [-0.39, 0.29) is 17.3 Å². The summed E-state index contributed by atoms with van der Waals surface area (Å²) in [4.78, 5) is 4.21. The number of aromatic nitrogens is 5. The number of ether oxygens (including phenoxy) is 1. The van der Waals surface area contributed by atoms with Crippen molar-refractivity contribution >= 4 is 0 Å². The second-order valence-electron chi connectivity index (χ2n) is 6.92. The number of rotatable bonds is 7. The Kier molecular flexibility index (Phi) is 5.89. The molecule has 0 radical (unpaired) electrons. The van der Waals surface area contributed by atoms with Gasteiger partial charge in [-0.25, -0.2) is 9.07 Å². The predicted octanol–water partition coefficient (Wildman–Crippen LogP) is 4.72. The highest BCUT2D eigenvalue weighted by atomic mass is 19.4. The second kappa shape index (κ2) is 8.77. The summed E-state index contributed by atoms with van der Waals surface area (Å²) in [5, 5.41) is 11.8. The third-order valence-electron chi connectivity index (χ3n) is 4.50. The molecule has 2 aromatic carbocycles. The van der Waals surface area contributed by atoms with Gasteiger partial charge in [0.1, 0.15) is 19.0 Å². The van der Waals surface area contributed by atoms with Gasteiger partial charge in [-0.15, -0.1) is 5.10 Å². The largest absolute Gasteiger partial charge is 0.490 e. The van der Waals surface area contributed by atoms with Crippen LogP contribution in [0.1, 0.15) is 16.8 Å². The number of halogens is 4. The summed E-state index contributed by atoms with van der Waals surface area (Å²) in [5.74, 6) is -0.309. The Morgan fingerprint density at radius 2 is 1.81 bits per heavy atom. The molecule has 166 valence electrons. The van der Waals surface area contributed by atoms with Crippen molar-refractivity contribution in [1.29, 1.82) is 0 Å². The first-order valence-corrected chi connectivity index (χ1v) is 9.53. The molecular weight excluding hydrogens is 430 g/mol. The minimum atomic E-state index is -4.69. The summed E-state index contributed by atoms with van der Waals surface area (Å²) in [5.41, 5.74) is 1.45. The van der Waals surface area contributed by atoms with Gasteiger partial charge in [0.25, 0.3) is 5.89 Å². The van der Waals surface area contributed by atoms with Gasteiger partial charge in [0.2, 0.25) is 5.82 Å². The number of aryl methyl sites for hydroxylation is 1. The van der Waals surface area contributed by atoms with Crippen LogP contribution in [0.5, 0.6) is 5.75 Å². The van der Waals surface area contributed by atoms with Gasteiger partial charge in [0, 0.05) is 17.3 Å². The molecule has 0 aliphatic heterocycles. The highest BCUT2D eigenvalue weighted by Crippen LogP contribution is 2.38. The van der Waals surface area contributed by atoms with E-state index in [1.54, 1.807) is 16.8 Å². The first kappa shape index (κ1) is 21.5. The van der Waals surface area contributed by atoms with E-state index in [4.69, 9.17) is 9.26 Å². The highest BCUT2D eigenvalue weighted by molar-refractivity contribution is 5.62. The van der Waals surface area contributed by atoms with Gasteiger partial charge in [-0.2, -0.15) is 18.2 Å². The van der Waals surface area contributed by atoms with E-state index in [9.17, 15) is 17.6 Å². The number of alkyl halides is 4. The van der Waals surface area contributed by atoms with Crippen molar-refractivity contribution in [2.24, 2.45) is 0 Å². The van der Waals surface area contributed by atoms with E-state index in [2.05, 4.69) is 20.5 Å². The summed E-state index contributed by atoms with van der Waals surface area (Å²) < 4.78 is 64.2. The third kappa shape index (κ3) is 4.76. The minimum Gasteiger partial charge on any atom is -0.490 e. The van der Waals surface area contributed by atoms with Crippen molar-refractivity contribution in [3.05, 3.63) is 65.5 Å². The van der Waals surface area contributed by atoms with E-state index in [0.717, 1.165) is 23.4 Å². The monoisotopic (exact) mass is 447 g/mol. The van der Waals surface area contributed by atoms with E-state index in [0.29, 0.717) is 12.1 Å². The summed E-state index contributed by atoms with van der Waals surface area (Å²) in [6, 6.07) is 10.6. The lowest BCUT2D eigenvalue weighted by atomic mass is 10.1. The lowest BCUT2D eigenvalue weighted by Gasteiger charge is -2.13. The molecule has 0 N–H and O–H groups in total. The summed E-state index contributed by atoms with van der Waals surface area (Å²) in [6.45, 7) is 1.02. The van der Waals surface area contributed by atoms with Crippen LogP contribution in [0.3, 0.4) is 0 Å². The topological polar surface area (TPSA) is 78.9 Å². The van der Waals surface area contributed by atoms with Gasteiger partial charge in [0.15, 0.2) is 0 Å². The van der Waals surface area contributed by atoms with Gasteiger partial charge in [0.05, 0.1) is 17.8 Å². The van der Waals surface area contributed by atoms with Crippen molar-refractivity contribution < 1.29 is 26.8 Å². The molecule has 0 aliphatic rings. The lowest BCUT2D eigenvalue weighted by molar-refractivity contribution is -0.138. The van der Waals surface area contributed by atoms with Crippen molar-refractivity contribution in [2.75, 3.05) is 13.3 Å². The van der Waals surface area contributed by atoms with Gasteiger partial charge < -0.3 is 9.26 Å². The number of nitrogens with zero attached hydrogens (tertiary/aromatic N) is 5. The standard InChI is InChI=1S/C21H17F4N5O2/c1-13-11-30(29-27-13)12-14-2-4-15(5-3-14)19-26-20(32-28-19)16-6-7-18(31-9-8-22)17(10-16)21(23,24)25/h2-7,10-11H,8-9,12H2,1H3. The summed E-state index contributed by atoms with van der Waals surface area (Å²) in [7, 11) is 0.